The number of halogens is 1. The van der Waals surface area contributed by atoms with Crippen molar-refractivity contribution < 1.29 is 4.74 Å². The second kappa shape index (κ2) is 2.79. The molecule has 0 unspecified atom stereocenters. The minimum absolute atomic E-state index is 0.790. The second-order valence-electron chi connectivity index (χ2n) is 2.39. The molecule has 0 spiro atoms. The van der Waals surface area contributed by atoms with E-state index in [0.717, 1.165) is 15.7 Å². The molecule has 62 valence electrons. The first-order valence-electron chi connectivity index (χ1n) is 3.48. The maximum absolute atomic E-state index is 5.08. The molecular weight excluding hydrogens is 220 g/mol. The monoisotopic (exact) mass is 226 g/mol. The van der Waals surface area contributed by atoms with E-state index in [2.05, 4.69) is 21.0 Å². The van der Waals surface area contributed by atoms with Crippen molar-refractivity contribution in [1.29, 1.82) is 0 Å². The molecule has 0 saturated carbocycles. The molecule has 4 heteroatoms. The van der Waals surface area contributed by atoms with Crippen LogP contribution in [0.4, 0.5) is 0 Å². The molecule has 0 saturated heterocycles. The number of aromatic nitrogens is 2. The highest BCUT2D eigenvalue weighted by Crippen LogP contribution is 2.22. The van der Waals surface area contributed by atoms with Gasteiger partial charge in [0.05, 0.1) is 25.0 Å². The first kappa shape index (κ1) is 7.61. The molecule has 0 aliphatic carbocycles. The third-order valence-electron chi connectivity index (χ3n) is 1.67. The van der Waals surface area contributed by atoms with E-state index in [1.165, 1.54) is 0 Å². The fourth-order valence-electron chi connectivity index (χ4n) is 1.07. The zero-order chi connectivity index (χ0) is 8.55. The number of hydrogen-bond acceptors (Lipinski definition) is 2. The van der Waals surface area contributed by atoms with E-state index in [9.17, 15) is 0 Å². The standard InChI is InChI=1S/C8H7BrN2O/c1-12-6-4-7(9)8-2-3-10-11(8)5-6/h2-5H,1H3. The molecule has 0 aliphatic heterocycles. The topological polar surface area (TPSA) is 26.5 Å². The molecule has 2 aromatic rings. The molecule has 0 N–H and O–H groups in total. The first-order chi connectivity index (χ1) is 5.81. The second-order valence-corrected chi connectivity index (χ2v) is 3.24. The summed E-state index contributed by atoms with van der Waals surface area (Å²) in [5, 5.41) is 4.09. The van der Waals surface area contributed by atoms with Gasteiger partial charge < -0.3 is 4.74 Å². The maximum Gasteiger partial charge on any atom is 0.138 e. The zero-order valence-electron chi connectivity index (χ0n) is 6.49. The Morgan fingerprint density at radius 2 is 2.42 bits per heavy atom. The molecule has 2 aromatic heterocycles. The summed E-state index contributed by atoms with van der Waals surface area (Å²) in [5.41, 5.74) is 1.04. The van der Waals surface area contributed by atoms with E-state index in [-0.39, 0.29) is 0 Å². The summed E-state index contributed by atoms with van der Waals surface area (Å²) >= 11 is 3.43. The molecule has 0 amide bonds. The molecule has 0 bridgehead atoms. The summed E-state index contributed by atoms with van der Waals surface area (Å²) in [7, 11) is 1.64. The van der Waals surface area contributed by atoms with Crippen molar-refractivity contribution in [3.63, 3.8) is 0 Å². The van der Waals surface area contributed by atoms with Crippen LogP contribution in [0.2, 0.25) is 0 Å². The van der Waals surface area contributed by atoms with Gasteiger partial charge in [-0.15, -0.1) is 0 Å². The number of nitrogens with zero attached hydrogens (tertiary/aromatic N) is 2. The lowest BCUT2D eigenvalue weighted by Crippen LogP contribution is -1.90. The van der Waals surface area contributed by atoms with Crippen molar-refractivity contribution in [2.75, 3.05) is 7.11 Å². The summed E-state index contributed by atoms with van der Waals surface area (Å²) in [6.07, 6.45) is 3.58. The van der Waals surface area contributed by atoms with Crippen molar-refractivity contribution >= 4 is 21.4 Å². The number of methoxy groups -OCH3 is 1. The highest BCUT2D eigenvalue weighted by atomic mass is 79.9. The summed E-state index contributed by atoms with van der Waals surface area (Å²) in [6, 6.07) is 3.85. The van der Waals surface area contributed by atoms with Crippen LogP contribution in [0, 0.1) is 0 Å². The van der Waals surface area contributed by atoms with E-state index >= 15 is 0 Å². The van der Waals surface area contributed by atoms with Crippen LogP contribution in [0.15, 0.2) is 29.0 Å². The van der Waals surface area contributed by atoms with Crippen molar-refractivity contribution in [1.82, 2.24) is 9.61 Å². The Hall–Kier alpha value is -1.03. The SMILES string of the molecule is COc1cc(Br)c2ccnn2c1. The minimum Gasteiger partial charge on any atom is -0.495 e. The molecular formula is C8H7BrN2O. The van der Waals surface area contributed by atoms with Gasteiger partial charge in [0.15, 0.2) is 0 Å². The molecule has 3 nitrogen and oxygen atoms in total. The summed E-state index contributed by atoms with van der Waals surface area (Å²) in [5.74, 6) is 0.790. The van der Waals surface area contributed by atoms with Gasteiger partial charge >= 0.3 is 0 Å². The molecule has 0 radical (unpaired) electrons. The third-order valence-corrected chi connectivity index (χ3v) is 2.30. The smallest absolute Gasteiger partial charge is 0.138 e. The fraction of sp³-hybridized carbons (Fsp3) is 0.125. The van der Waals surface area contributed by atoms with Crippen LogP contribution >= 0.6 is 15.9 Å². The maximum atomic E-state index is 5.08. The number of fused-ring (bicyclic) bond motifs is 1. The quantitative estimate of drug-likeness (QED) is 0.745. The van der Waals surface area contributed by atoms with Crippen LogP contribution in [-0.2, 0) is 0 Å². The molecule has 0 fully saturated rings. The van der Waals surface area contributed by atoms with Crippen LogP contribution in [0.5, 0.6) is 5.75 Å². The average molecular weight is 227 g/mol. The highest BCUT2D eigenvalue weighted by molar-refractivity contribution is 9.10. The van der Waals surface area contributed by atoms with Gasteiger partial charge in [0.25, 0.3) is 0 Å². The number of hydrogen-bond donors (Lipinski definition) is 0. The molecule has 0 atom stereocenters. The van der Waals surface area contributed by atoms with Gasteiger partial charge in [-0.25, -0.2) is 4.52 Å². The lowest BCUT2D eigenvalue weighted by atomic mass is 10.4. The van der Waals surface area contributed by atoms with Gasteiger partial charge in [-0.1, -0.05) is 0 Å². The Balaban J connectivity index is 2.75. The Morgan fingerprint density at radius 1 is 1.58 bits per heavy atom. The predicted molar refractivity (Wildman–Crippen MR) is 49.4 cm³/mol. The van der Waals surface area contributed by atoms with Crippen LogP contribution < -0.4 is 4.74 Å². The number of ether oxygens (including phenoxy) is 1. The van der Waals surface area contributed by atoms with Crippen LogP contribution in [-0.4, -0.2) is 16.7 Å². The van der Waals surface area contributed by atoms with Gasteiger partial charge in [0.1, 0.15) is 5.75 Å². The Labute approximate surface area is 78.1 Å². The molecule has 2 heterocycles. The van der Waals surface area contributed by atoms with Crippen LogP contribution in [0.3, 0.4) is 0 Å². The predicted octanol–water partition coefficient (Wildman–Crippen LogP) is 2.11. The average Bonchev–Trinajstić information content (AvgIpc) is 2.52. The largest absolute Gasteiger partial charge is 0.495 e. The van der Waals surface area contributed by atoms with Crippen LogP contribution in [0.25, 0.3) is 5.52 Å². The van der Waals surface area contributed by atoms with E-state index in [0.29, 0.717) is 0 Å². The Kier molecular flexibility index (Phi) is 1.77. The number of pyridine rings is 1. The lowest BCUT2D eigenvalue weighted by molar-refractivity contribution is 0.411. The van der Waals surface area contributed by atoms with Gasteiger partial charge in [0.2, 0.25) is 0 Å². The van der Waals surface area contributed by atoms with Crippen LogP contribution in [0.1, 0.15) is 0 Å². The van der Waals surface area contributed by atoms with Gasteiger partial charge in [0, 0.05) is 4.47 Å². The minimum atomic E-state index is 0.790. The molecule has 2 rings (SSSR count). The summed E-state index contributed by atoms with van der Waals surface area (Å²) < 4.78 is 7.83. The van der Waals surface area contributed by atoms with E-state index in [4.69, 9.17) is 4.74 Å². The molecule has 12 heavy (non-hydrogen) atoms. The van der Waals surface area contributed by atoms with Crippen molar-refractivity contribution in [2.24, 2.45) is 0 Å². The third kappa shape index (κ3) is 1.08. The van der Waals surface area contributed by atoms with Gasteiger partial charge in [-0.3, -0.25) is 0 Å². The van der Waals surface area contributed by atoms with Crippen molar-refractivity contribution in [3.8, 4) is 5.75 Å². The van der Waals surface area contributed by atoms with Gasteiger partial charge in [-0.2, -0.15) is 5.10 Å². The first-order valence-corrected chi connectivity index (χ1v) is 4.27. The van der Waals surface area contributed by atoms with E-state index in [1.54, 1.807) is 17.8 Å². The highest BCUT2D eigenvalue weighted by Gasteiger charge is 2.01. The Bertz CT molecular complexity index is 410. The lowest BCUT2D eigenvalue weighted by Gasteiger charge is -2.01. The van der Waals surface area contributed by atoms with E-state index < -0.39 is 0 Å². The molecule has 0 aromatic carbocycles. The van der Waals surface area contributed by atoms with Crippen molar-refractivity contribution in [2.45, 2.75) is 0 Å². The Morgan fingerprint density at radius 3 is 3.17 bits per heavy atom. The fourth-order valence-corrected chi connectivity index (χ4v) is 1.61. The summed E-state index contributed by atoms with van der Waals surface area (Å²) in [4.78, 5) is 0. The summed E-state index contributed by atoms with van der Waals surface area (Å²) in [6.45, 7) is 0. The number of rotatable bonds is 1. The normalized spacial score (nSPS) is 10.5. The zero-order valence-corrected chi connectivity index (χ0v) is 8.08. The molecule has 0 aliphatic rings. The van der Waals surface area contributed by atoms with Crippen molar-refractivity contribution in [3.05, 3.63) is 29.0 Å². The van der Waals surface area contributed by atoms with E-state index in [1.807, 2.05) is 18.3 Å². The van der Waals surface area contributed by atoms with Gasteiger partial charge in [-0.05, 0) is 28.1 Å².